The van der Waals surface area contributed by atoms with E-state index in [0.29, 0.717) is 6.04 Å². The molecule has 4 aliphatic rings. The minimum atomic E-state index is 0.586. The maximum Gasteiger partial charge on any atom is 0.00960 e. The Labute approximate surface area is 68.3 Å². The molecule has 0 radical (unpaired) electrons. The summed E-state index contributed by atoms with van der Waals surface area (Å²) in [7, 11) is 0. The van der Waals surface area contributed by atoms with Gasteiger partial charge in [0.25, 0.3) is 0 Å². The largest absolute Gasteiger partial charge is 0.327 e. The fourth-order valence-electron chi connectivity index (χ4n) is 3.97. The molecular weight excluding hydrogens is 134 g/mol. The molecular formula is C10H17N. The van der Waals surface area contributed by atoms with E-state index in [-0.39, 0.29) is 0 Å². The van der Waals surface area contributed by atoms with Crippen molar-refractivity contribution in [2.24, 2.45) is 29.4 Å². The molecule has 4 saturated carbocycles. The van der Waals surface area contributed by atoms with Gasteiger partial charge in [-0.05, 0) is 55.8 Å². The summed E-state index contributed by atoms with van der Waals surface area (Å²) < 4.78 is 0. The van der Waals surface area contributed by atoms with E-state index in [4.69, 9.17) is 5.73 Å². The van der Waals surface area contributed by atoms with Crippen molar-refractivity contribution in [1.82, 2.24) is 0 Å². The Bertz CT molecular complexity index is 148. The van der Waals surface area contributed by atoms with E-state index in [1.165, 1.54) is 25.7 Å². The third-order valence-electron chi connectivity index (χ3n) is 4.30. The van der Waals surface area contributed by atoms with Crippen LogP contribution in [0.15, 0.2) is 0 Å². The molecule has 4 aliphatic carbocycles. The van der Waals surface area contributed by atoms with Gasteiger partial charge in [-0.25, -0.2) is 0 Å². The van der Waals surface area contributed by atoms with Crippen molar-refractivity contribution >= 4 is 0 Å². The summed E-state index contributed by atoms with van der Waals surface area (Å²) >= 11 is 0. The first-order valence-electron chi connectivity index (χ1n) is 5.08. The Morgan fingerprint density at radius 1 is 0.727 bits per heavy atom. The molecule has 0 aromatic heterocycles. The molecule has 0 aliphatic heterocycles. The van der Waals surface area contributed by atoms with Gasteiger partial charge in [-0.15, -0.1) is 0 Å². The lowest BCUT2D eigenvalue weighted by Gasteiger charge is -2.53. The van der Waals surface area contributed by atoms with Gasteiger partial charge in [0.1, 0.15) is 0 Å². The van der Waals surface area contributed by atoms with E-state index in [1.54, 1.807) is 6.42 Å². The number of hydrogen-bond acceptors (Lipinski definition) is 1. The van der Waals surface area contributed by atoms with E-state index >= 15 is 0 Å². The van der Waals surface area contributed by atoms with Crippen LogP contribution in [0.1, 0.15) is 32.1 Å². The molecule has 11 heavy (non-hydrogen) atoms. The molecule has 0 atom stereocenters. The number of rotatable bonds is 0. The van der Waals surface area contributed by atoms with Gasteiger partial charge in [-0.3, -0.25) is 0 Å². The highest BCUT2D eigenvalue weighted by Gasteiger charge is 2.46. The quantitative estimate of drug-likeness (QED) is 0.561. The van der Waals surface area contributed by atoms with Crippen LogP contribution in [0.25, 0.3) is 0 Å². The fraction of sp³-hybridized carbons (Fsp3) is 1.00. The molecule has 1 heteroatoms. The summed E-state index contributed by atoms with van der Waals surface area (Å²) in [4.78, 5) is 0. The predicted octanol–water partition coefficient (Wildman–Crippen LogP) is 1.77. The third-order valence-corrected chi connectivity index (χ3v) is 4.30. The van der Waals surface area contributed by atoms with E-state index in [9.17, 15) is 0 Å². The normalized spacial score (nSPS) is 60.3. The third kappa shape index (κ3) is 0.807. The standard InChI is InChI=1S/C10H17N/c11-10-8-2-6-1-7(4-8)5-9(10)3-6/h6-10H,1-5,11H2/t6-,7?,8-,9+,10+. The molecule has 0 saturated heterocycles. The number of hydrogen-bond donors (Lipinski definition) is 1. The molecule has 0 heterocycles. The minimum Gasteiger partial charge on any atom is -0.327 e. The lowest BCUT2D eigenvalue weighted by Crippen LogP contribution is -2.52. The van der Waals surface area contributed by atoms with Crippen molar-refractivity contribution in [3.05, 3.63) is 0 Å². The van der Waals surface area contributed by atoms with Crippen LogP contribution in [0.5, 0.6) is 0 Å². The number of nitrogens with two attached hydrogens (primary N) is 1. The predicted molar refractivity (Wildman–Crippen MR) is 45.0 cm³/mol. The van der Waals surface area contributed by atoms with Gasteiger partial charge in [0.05, 0.1) is 0 Å². The molecule has 62 valence electrons. The zero-order valence-electron chi connectivity index (χ0n) is 7.00. The molecule has 0 spiro atoms. The summed E-state index contributed by atoms with van der Waals surface area (Å²) in [6.45, 7) is 0. The Morgan fingerprint density at radius 2 is 1.18 bits per heavy atom. The van der Waals surface area contributed by atoms with Gasteiger partial charge >= 0.3 is 0 Å². The molecule has 1 nitrogen and oxygen atoms in total. The zero-order valence-corrected chi connectivity index (χ0v) is 7.00. The second-order valence-corrected chi connectivity index (χ2v) is 5.01. The Hall–Kier alpha value is -0.0400. The first-order valence-corrected chi connectivity index (χ1v) is 5.08. The molecule has 0 amide bonds. The molecule has 0 unspecified atom stereocenters. The minimum absolute atomic E-state index is 0.586. The first kappa shape index (κ1) is 6.47. The smallest absolute Gasteiger partial charge is 0.00960 e. The topological polar surface area (TPSA) is 26.0 Å². The summed E-state index contributed by atoms with van der Waals surface area (Å²) in [6.07, 6.45) is 7.41. The van der Waals surface area contributed by atoms with E-state index in [1.807, 2.05) is 0 Å². The van der Waals surface area contributed by atoms with Gasteiger partial charge in [0.15, 0.2) is 0 Å². The highest BCUT2D eigenvalue weighted by Crippen LogP contribution is 2.52. The van der Waals surface area contributed by atoms with Crippen molar-refractivity contribution in [2.75, 3.05) is 0 Å². The summed E-state index contributed by atoms with van der Waals surface area (Å²) in [5.41, 5.74) is 6.17. The first-order chi connectivity index (χ1) is 5.33. The molecule has 0 aromatic carbocycles. The Morgan fingerprint density at radius 3 is 1.64 bits per heavy atom. The van der Waals surface area contributed by atoms with Crippen LogP contribution in [0, 0.1) is 23.7 Å². The van der Waals surface area contributed by atoms with Gasteiger partial charge in [0.2, 0.25) is 0 Å². The lowest BCUT2D eigenvalue weighted by molar-refractivity contribution is 0.000349. The van der Waals surface area contributed by atoms with Crippen molar-refractivity contribution < 1.29 is 0 Å². The van der Waals surface area contributed by atoms with Crippen molar-refractivity contribution in [1.29, 1.82) is 0 Å². The fourth-order valence-corrected chi connectivity index (χ4v) is 3.97. The average Bonchev–Trinajstić information content (AvgIpc) is 1.98. The average molecular weight is 151 g/mol. The SMILES string of the molecule is N[C@H]1[C@H]2CC3C[C@H](C2)C[C@H]1C3. The molecule has 4 bridgehead atoms. The van der Waals surface area contributed by atoms with Crippen molar-refractivity contribution in [3.8, 4) is 0 Å². The second kappa shape index (κ2) is 2.01. The van der Waals surface area contributed by atoms with Crippen LogP contribution < -0.4 is 5.73 Å². The molecule has 0 aromatic rings. The van der Waals surface area contributed by atoms with Gasteiger partial charge in [-0.1, -0.05) is 0 Å². The van der Waals surface area contributed by atoms with Crippen molar-refractivity contribution in [2.45, 2.75) is 38.1 Å². The second-order valence-electron chi connectivity index (χ2n) is 5.01. The van der Waals surface area contributed by atoms with Crippen LogP contribution in [-0.2, 0) is 0 Å². The van der Waals surface area contributed by atoms with Crippen LogP contribution >= 0.6 is 0 Å². The molecule has 4 fully saturated rings. The van der Waals surface area contributed by atoms with Crippen LogP contribution in [0.2, 0.25) is 0 Å². The summed E-state index contributed by atoms with van der Waals surface area (Å²) in [5.74, 6) is 4.01. The monoisotopic (exact) mass is 151 g/mol. The van der Waals surface area contributed by atoms with Gasteiger partial charge in [0, 0.05) is 6.04 Å². The Kier molecular flexibility index (Phi) is 1.18. The highest BCUT2D eigenvalue weighted by atomic mass is 14.7. The van der Waals surface area contributed by atoms with Crippen LogP contribution in [0.3, 0.4) is 0 Å². The summed E-state index contributed by atoms with van der Waals surface area (Å²) in [5, 5.41) is 0. The van der Waals surface area contributed by atoms with Gasteiger partial charge < -0.3 is 5.73 Å². The van der Waals surface area contributed by atoms with E-state index < -0.39 is 0 Å². The zero-order chi connectivity index (χ0) is 7.42. The maximum atomic E-state index is 6.17. The van der Waals surface area contributed by atoms with Crippen LogP contribution in [0.4, 0.5) is 0 Å². The molecule has 2 N–H and O–H groups in total. The maximum absolute atomic E-state index is 6.17. The van der Waals surface area contributed by atoms with E-state index in [0.717, 1.165) is 23.7 Å². The van der Waals surface area contributed by atoms with Crippen molar-refractivity contribution in [3.63, 3.8) is 0 Å². The Balaban J connectivity index is 1.91. The van der Waals surface area contributed by atoms with Crippen LogP contribution in [-0.4, -0.2) is 6.04 Å². The lowest BCUT2D eigenvalue weighted by atomic mass is 9.54. The molecule has 4 rings (SSSR count). The van der Waals surface area contributed by atoms with E-state index in [2.05, 4.69) is 0 Å². The summed E-state index contributed by atoms with van der Waals surface area (Å²) in [6, 6.07) is 0.586. The highest BCUT2D eigenvalue weighted by molar-refractivity contribution is 4.99. The van der Waals surface area contributed by atoms with Gasteiger partial charge in [-0.2, -0.15) is 0 Å².